The number of carbonyl (C=O) groups is 2. The van der Waals surface area contributed by atoms with Gasteiger partial charge in [0.1, 0.15) is 12.1 Å². The van der Waals surface area contributed by atoms with Crippen LogP contribution in [0.5, 0.6) is 0 Å². The maximum Gasteiger partial charge on any atom is 0.411 e. The van der Waals surface area contributed by atoms with Gasteiger partial charge in [-0.1, -0.05) is 43.2 Å². The highest BCUT2D eigenvalue weighted by atomic mass is 16.6. The predicted octanol–water partition coefficient (Wildman–Crippen LogP) is 3.04. The summed E-state index contributed by atoms with van der Waals surface area (Å²) in [5.74, 6) is -0.971. The zero-order valence-electron chi connectivity index (χ0n) is 12.2. The zero-order valence-corrected chi connectivity index (χ0v) is 12.2. The van der Waals surface area contributed by atoms with Crippen molar-refractivity contribution in [2.24, 2.45) is 0 Å². The van der Waals surface area contributed by atoms with E-state index in [4.69, 9.17) is 4.74 Å². The lowest BCUT2D eigenvalue weighted by Gasteiger charge is -2.35. The molecule has 1 N–H and O–H groups in total. The largest absolute Gasteiger partial charge is 0.480 e. The number of rotatable bonds is 3. The molecule has 0 spiro atoms. The molecular weight excluding hydrogens is 270 g/mol. The summed E-state index contributed by atoms with van der Waals surface area (Å²) >= 11 is 0. The molecular formula is C16H21NO4. The molecule has 0 aromatic heterocycles. The lowest BCUT2D eigenvalue weighted by atomic mass is 9.95. The molecule has 0 aliphatic carbocycles. The molecule has 5 heteroatoms. The van der Waals surface area contributed by atoms with E-state index in [-0.39, 0.29) is 6.61 Å². The van der Waals surface area contributed by atoms with Crippen molar-refractivity contribution in [3.05, 3.63) is 35.9 Å². The average molecular weight is 291 g/mol. The second-order valence-electron chi connectivity index (χ2n) is 5.58. The SMILES string of the molecule is CC1(C(=O)O)CCCCCN1C(=O)OCc1ccccc1. The van der Waals surface area contributed by atoms with Gasteiger partial charge in [0.25, 0.3) is 0 Å². The third-order valence-corrected chi connectivity index (χ3v) is 4.03. The number of hydrogen-bond donors (Lipinski definition) is 1. The standard InChI is InChI=1S/C16H21NO4/c1-16(14(18)19)10-6-3-7-11-17(16)15(20)21-12-13-8-4-2-5-9-13/h2,4-5,8-9H,3,6-7,10-12H2,1H3,(H,18,19). The molecule has 21 heavy (non-hydrogen) atoms. The van der Waals surface area contributed by atoms with Gasteiger partial charge in [0.2, 0.25) is 0 Å². The highest BCUT2D eigenvalue weighted by molar-refractivity contribution is 5.84. The Morgan fingerprint density at radius 3 is 2.62 bits per heavy atom. The minimum absolute atomic E-state index is 0.159. The summed E-state index contributed by atoms with van der Waals surface area (Å²) in [5.41, 5.74) is -0.290. The van der Waals surface area contributed by atoms with Crippen LogP contribution in [0, 0.1) is 0 Å². The lowest BCUT2D eigenvalue weighted by Crippen LogP contribution is -2.54. The van der Waals surface area contributed by atoms with Gasteiger partial charge in [0, 0.05) is 6.54 Å². The third kappa shape index (κ3) is 3.54. The molecule has 0 radical (unpaired) electrons. The number of nitrogens with zero attached hydrogens (tertiary/aromatic N) is 1. The van der Waals surface area contributed by atoms with Gasteiger partial charge in [-0.05, 0) is 25.3 Å². The maximum absolute atomic E-state index is 12.3. The van der Waals surface area contributed by atoms with Crippen LogP contribution in [0.3, 0.4) is 0 Å². The van der Waals surface area contributed by atoms with Crippen molar-refractivity contribution >= 4 is 12.1 Å². The minimum atomic E-state index is -1.18. The van der Waals surface area contributed by atoms with Crippen molar-refractivity contribution < 1.29 is 19.4 Å². The first-order valence-electron chi connectivity index (χ1n) is 7.26. The maximum atomic E-state index is 12.3. The predicted molar refractivity (Wildman–Crippen MR) is 77.8 cm³/mol. The average Bonchev–Trinajstić information content (AvgIpc) is 2.69. The number of benzene rings is 1. The Morgan fingerprint density at radius 2 is 1.95 bits per heavy atom. The number of likely N-dealkylation sites (tertiary alicyclic amines) is 1. The number of carboxylic acid groups (broad SMARTS) is 1. The van der Waals surface area contributed by atoms with Gasteiger partial charge in [-0.25, -0.2) is 9.59 Å². The number of carboxylic acids is 1. The van der Waals surface area contributed by atoms with Crippen LogP contribution in [-0.2, 0) is 16.1 Å². The van der Waals surface area contributed by atoms with Crippen molar-refractivity contribution in [1.29, 1.82) is 0 Å². The summed E-state index contributed by atoms with van der Waals surface area (Å²) in [5, 5.41) is 9.48. The molecule has 5 nitrogen and oxygen atoms in total. The fourth-order valence-corrected chi connectivity index (χ4v) is 2.61. The van der Waals surface area contributed by atoms with Gasteiger partial charge in [-0.2, -0.15) is 0 Å². The quantitative estimate of drug-likeness (QED) is 0.929. The highest BCUT2D eigenvalue weighted by Crippen LogP contribution is 2.28. The van der Waals surface area contributed by atoms with Crippen molar-refractivity contribution in [2.45, 2.75) is 44.8 Å². The minimum Gasteiger partial charge on any atom is -0.480 e. The molecule has 1 saturated heterocycles. The molecule has 0 bridgehead atoms. The smallest absolute Gasteiger partial charge is 0.411 e. The van der Waals surface area contributed by atoms with Gasteiger partial charge in [0.15, 0.2) is 0 Å². The van der Waals surface area contributed by atoms with Crippen LogP contribution >= 0.6 is 0 Å². The van der Waals surface area contributed by atoms with Crippen molar-refractivity contribution in [3.63, 3.8) is 0 Å². The first kappa shape index (κ1) is 15.4. The number of carbonyl (C=O) groups excluding carboxylic acids is 1. The number of amides is 1. The normalized spacial score (nSPS) is 22.4. The Labute approximate surface area is 124 Å². The Kier molecular flexibility index (Phi) is 4.83. The van der Waals surface area contributed by atoms with Gasteiger partial charge in [-0.15, -0.1) is 0 Å². The van der Waals surface area contributed by atoms with E-state index in [1.165, 1.54) is 4.90 Å². The number of hydrogen-bond acceptors (Lipinski definition) is 3. The molecule has 1 unspecified atom stereocenters. The van der Waals surface area contributed by atoms with E-state index in [1.807, 2.05) is 30.3 Å². The summed E-state index contributed by atoms with van der Waals surface area (Å²) in [4.78, 5) is 25.2. The van der Waals surface area contributed by atoms with Crippen LogP contribution in [0.1, 0.15) is 38.2 Å². The van der Waals surface area contributed by atoms with Gasteiger partial charge in [0.05, 0.1) is 0 Å². The molecule has 1 atom stereocenters. The molecule has 1 aliphatic heterocycles. The van der Waals surface area contributed by atoms with Crippen molar-refractivity contribution in [2.75, 3.05) is 6.54 Å². The van der Waals surface area contributed by atoms with Gasteiger partial charge < -0.3 is 9.84 Å². The summed E-state index contributed by atoms with van der Waals surface area (Å²) in [7, 11) is 0. The Bertz CT molecular complexity index is 502. The molecule has 1 fully saturated rings. The van der Waals surface area contributed by atoms with Crippen molar-refractivity contribution in [1.82, 2.24) is 4.90 Å². The van der Waals surface area contributed by atoms with E-state index in [0.717, 1.165) is 24.8 Å². The molecule has 1 aromatic rings. The first-order valence-corrected chi connectivity index (χ1v) is 7.26. The highest BCUT2D eigenvalue weighted by Gasteiger charge is 2.43. The van der Waals surface area contributed by atoms with Crippen LogP contribution in [0.2, 0.25) is 0 Å². The molecule has 2 rings (SSSR count). The molecule has 1 amide bonds. The number of aliphatic carboxylic acids is 1. The van der Waals surface area contributed by atoms with Gasteiger partial charge >= 0.3 is 12.1 Å². The van der Waals surface area contributed by atoms with Crippen LogP contribution in [-0.4, -0.2) is 34.2 Å². The second kappa shape index (κ2) is 6.61. The first-order chi connectivity index (χ1) is 10.0. The lowest BCUT2D eigenvalue weighted by molar-refractivity contribution is -0.149. The fourth-order valence-electron chi connectivity index (χ4n) is 2.61. The van der Waals surface area contributed by atoms with E-state index in [2.05, 4.69) is 0 Å². The summed E-state index contributed by atoms with van der Waals surface area (Å²) in [6.07, 6.45) is 2.47. The molecule has 1 aromatic carbocycles. The Balaban J connectivity index is 2.06. The Morgan fingerprint density at radius 1 is 1.24 bits per heavy atom. The van der Waals surface area contributed by atoms with Crippen molar-refractivity contribution in [3.8, 4) is 0 Å². The van der Waals surface area contributed by atoms with Crippen LogP contribution in [0.4, 0.5) is 4.79 Å². The molecule has 1 aliphatic rings. The molecule has 114 valence electrons. The zero-order chi connectivity index (χ0) is 15.3. The molecule has 0 saturated carbocycles. The van der Waals surface area contributed by atoms with Crippen LogP contribution < -0.4 is 0 Å². The molecule has 1 heterocycles. The summed E-state index contributed by atoms with van der Waals surface area (Å²) < 4.78 is 5.29. The Hall–Kier alpha value is -2.04. The summed E-state index contributed by atoms with van der Waals surface area (Å²) in [6, 6.07) is 9.37. The second-order valence-corrected chi connectivity index (χ2v) is 5.58. The summed E-state index contributed by atoms with van der Waals surface area (Å²) in [6.45, 7) is 2.19. The van der Waals surface area contributed by atoms with Crippen LogP contribution in [0.25, 0.3) is 0 Å². The van der Waals surface area contributed by atoms with E-state index >= 15 is 0 Å². The van der Waals surface area contributed by atoms with E-state index in [1.54, 1.807) is 6.92 Å². The fraction of sp³-hybridized carbons (Fsp3) is 0.500. The topological polar surface area (TPSA) is 66.8 Å². The van der Waals surface area contributed by atoms with E-state index in [9.17, 15) is 14.7 Å². The van der Waals surface area contributed by atoms with E-state index < -0.39 is 17.6 Å². The monoisotopic (exact) mass is 291 g/mol. The van der Waals surface area contributed by atoms with Crippen LogP contribution in [0.15, 0.2) is 30.3 Å². The van der Waals surface area contributed by atoms with Gasteiger partial charge in [-0.3, -0.25) is 4.90 Å². The third-order valence-electron chi connectivity index (χ3n) is 4.03. The number of ether oxygens (including phenoxy) is 1. The van der Waals surface area contributed by atoms with E-state index in [0.29, 0.717) is 13.0 Å².